The van der Waals surface area contributed by atoms with Gasteiger partial charge in [0, 0.05) is 16.5 Å². The summed E-state index contributed by atoms with van der Waals surface area (Å²) in [6.07, 6.45) is 1.58. The third kappa shape index (κ3) is 2.77. The first-order valence-electron chi connectivity index (χ1n) is 8.40. The number of benzene rings is 2. The average molecular weight is 346 g/mol. The van der Waals surface area contributed by atoms with Crippen LogP contribution in [0.4, 0.5) is 5.82 Å². The maximum absolute atomic E-state index is 12.4. The lowest BCUT2D eigenvalue weighted by molar-refractivity contribution is 0.407. The van der Waals surface area contributed by atoms with E-state index in [9.17, 15) is 4.79 Å². The van der Waals surface area contributed by atoms with Crippen LogP contribution in [0.1, 0.15) is 11.3 Å². The van der Waals surface area contributed by atoms with Crippen LogP contribution in [0.2, 0.25) is 0 Å². The predicted octanol–water partition coefficient (Wildman–Crippen LogP) is 3.72. The Kier molecular flexibility index (Phi) is 4.05. The summed E-state index contributed by atoms with van der Waals surface area (Å²) in [4.78, 5) is 16.8. The number of nitrogens with two attached hydrogens (primary N) is 1. The van der Waals surface area contributed by atoms with Crippen LogP contribution in [0, 0.1) is 0 Å². The highest BCUT2D eigenvalue weighted by atomic mass is 16.5. The second kappa shape index (κ2) is 6.52. The molecule has 4 aromatic rings. The number of pyridine rings is 1. The van der Waals surface area contributed by atoms with Gasteiger partial charge in [0.2, 0.25) is 0 Å². The van der Waals surface area contributed by atoms with Crippen LogP contribution in [0.25, 0.3) is 21.7 Å². The number of fused-ring (bicyclic) bond motifs is 3. The summed E-state index contributed by atoms with van der Waals surface area (Å²) >= 11 is 0. The summed E-state index contributed by atoms with van der Waals surface area (Å²) in [6, 6.07) is 17.6. The van der Waals surface area contributed by atoms with Gasteiger partial charge in [-0.15, -0.1) is 0 Å². The van der Waals surface area contributed by atoms with Crippen LogP contribution < -0.4 is 16.1 Å². The number of para-hydroxylation sites is 1. The molecule has 26 heavy (non-hydrogen) atoms. The van der Waals surface area contributed by atoms with Gasteiger partial charge < -0.3 is 14.9 Å². The van der Waals surface area contributed by atoms with Gasteiger partial charge in [0.1, 0.15) is 11.2 Å². The molecule has 0 fully saturated rings. The highest BCUT2D eigenvalue weighted by Crippen LogP contribution is 2.31. The number of nitrogens with zero attached hydrogens (tertiary/aromatic N) is 1. The Morgan fingerprint density at radius 1 is 1.04 bits per heavy atom. The maximum atomic E-state index is 12.4. The van der Waals surface area contributed by atoms with Crippen LogP contribution in [-0.4, -0.2) is 12.1 Å². The molecule has 0 amide bonds. The predicted molar refractivity (Wildman–Crippen MR) is 103 cm³/mol. The Morgan fingerprint density at radius 2 is 1.85 bits per heavy atom. The fraction of sp³-hybridized carbons (Fsp3) is 0.143. The van der Waals surface area contributed by atoms with E-state index in [1.165, 1.54) is 5.56 Å². The van der Waals surface area contributed by atoms with Crippen molar-refractivity contribution in [3.05, 3.63) is 76.3 Å². The van der Waals surface area contributed by atoms with Crippen LogP contribution in [-0.2, 0) is 12.8 Å². The topological polar surface area (TPSA) is 78.3 Å². The third-order valence-electron chi connectivity index (χ3n) is 4.50. The zero-order valence-corrected chi connectivity index (χ0v) is 14.4. The summed E-state index contributed by atoms with van der Waals surface area (Å²) in [5.74, 6) is 0.715. The van der Waals surface area contributed by atoms with Crippen molar-refractivity contribution in [2.24, 2.45) is 0 Å². The number of methoxy groups -OCH3 is 1. The van der Waals surface area contributed by atoms with Crippen molar-refractivity contribution in [2.45, 2.75) is 12.8 Å². The number of nitrogen functional groups attached to an aromatic ring is 1. The third-order valence-corrected chi connectivity index (χ3v) is 4.50. The van der Waals surface area contributed by atoms with E-state index in [-0.39, 0.29) is 5.82 Å². The lowest BCUT2D eigenvalue weighted by atomic mass is 10.0. The summed E-state index contributed by atoms with van der Waals surface area (Å²) < 4.78 is 10.8. The summed E-state index contributed by atoms with van der Waals surface area (Å²) in [7, 11) is 1.55. The largest absolute Gasteiger partial charge is 0.493 e. The van der Waals surface area contributed by atoms with Crippen molar-refractivity contribution in [1.82, 2.24) is 4.98 Å². The minimum Gasteiger partial charge on any atom is -0.493 e. The van der Waals surface area contributed by atoms with Gasteiger partial charge in [-0.25, -0.2) is 9.78 Å². The molecule has 4 rings (SSSR count). The van der Waals surface area contributed by atoms with Gasteiger partial charge >= 0.3 is 5.63 Å². The highest BCUT2D eigenvalue weighted by molar-refractivity contribution is 6.08. The molecule has 0 spiro atoms. The van der Waals surface area contributed by atoms with Gasteiger partial charge in [-0.1, -0.05) is 42.5 Å². The van der Waals surface area contributed by atoms with Crippen molar-refractivity contribution >= 4 is 27.6 Å². The number of aromatic nitrogens is 1. The number of hydrogen-bond donors (Lipinski definition) is 1. The Bertz CT molecular complexity index is 1150. The van der Waals surface area contributed by atoms with Gasteiger partial charge in [0.15, 0.2) is 11.3 Å². The monoisotopic (exact) mass is 346 g/mol. The molecule has 0 bridgehead atoms. The number of anilines is 1. The van der Waals surface area contributed by atoms with E-state index in [2.05, 4.69) is 17.1 Å². The number of rotatable bonds is 4. The molecule has 2 aromatic heterocycles. The Labute approximate surface area is 150 Å². The molecule has 2 aromatic carbocycles. The number of hydrogen-bond acceptors (Lipinski definition) is 5. The van der Waals surface area contributed by atoms with E-state index >= 15 is 0 Å². The fourth-order valence-electron chi connectivity index (χ4n) is 3.23. The van der Waals surface area contributed by atoms with E-state index in [0.29, 0.717) is 16.7 Å². The molecule has 0 atom stereocenters. The van der Waals surface area contributed by atoms with Crippen LogP contribution in [0.15, 0.2) is 63.8 Å². The normalized spacial score (nSPS) is 11.1. The van der Waals surface area contributed by atoms with E-state index < -0.39 is 5.63 Å². The summed E-state index contributed by atoms with van der Waals surface area (Å²) in [6.45, 7) is 0. The molecule has 2 N–H and O–H groups in total. The quantitative estimate of drug-likeness (QED) is 0.450. The van der Waals surface area contributed by atoms with Crippen molar-refractivity contribution in [3.63, 3.8) is 0 Å². The molecule has 5 nitrogen and oxygen atoms in total. The van der Waals surface area contributed by atoms with Gasteiger partial charge in [-0.05, 0) is 30.5 Å². The lowest BCUT2D eigenvalue weighted by Crippen LogP contribution is -2.08. The van der Waals surface area contributed by atoms with Gasteiger partial charge in [0.25, 0.3) is 0 Å². The van der Waals surface area contributed by atoms with Crippen molar-refractivity contribution in [1.29, 1.82) is 0 Å². The van der Waals surface area contributed by atoms with Gasteiger partial charge in [0.05, 0.1) is 7.11 Å². The molecule has 0 saturated heterocycles. The van der Waals surface area contributed by atoms with Crippen molar-refractivity contribution in [2.75, 3.05) is 12.8 Å². The Hall–Kier alpha value is -3.34. The summed E-state index contributed by atoms with van der Waals surface area (Å²) in [5, 5.41) is 1.84. The van der Waals surface area contributed by atoms with E-state index in [4.69, 9.17) is 14.9 Å². The zero-order valence-electron chi connectivity index (χ0n) is 14.4. The zero-order chi connectivity index (χ0) is 18.1. The molecule has 0 radical (unpaired) electrons. The minimum absolute atomic E-state index is 0.198. The molecule has 0 saturated carbocycles. The first-order chi connectivity index (χ1) is 12.7. The molecule has 0 aliphatic heterocycles. The first-order valence-corrected chi connectivity index (χ1v) is 8.40. The smallest absolute Gasteiger partial charge is 0.348 e. The molecule has 0 aliphatic carbocycles. The second-order valence-electron chi connectivity index (χ2n) is 6.13. The maximum Gasteiger partial charge on any atom is 0.348 e. The molecular weight excluding hydrogens is 328 g/mol. The van der Waals surface area contributed by atoms with Crippen molar-refractivity contribution in [3.8, 4) is 5.75 Å². The highest BCUT2D eigenvalue weighted by Gasteiger charge is 2.15. The molecular formula is C21H18N2O3. The standard InChI is InChI=1S/C21H18N2O3/c1-25-17-9-5-8-15-16-12-14(11-10-13-6-3-2-4-7-13)23-20(22)18(16)21(24)26-19(15)17/h2-9,12H,10-11H2,1H3,(H2,22,23). The minimum atomic E-state index is -0.503. The Balaban J connectivity index is 1.87. The van der Waals surface area contributed by atoms with Crippen LogP contribution in [0.3, 0.4) is 0 Å². The molecule has 5 heteroatoms. The first kappa shape index (κ1) is 16.1. The lowest BCUT2D eigenvalue weighted by Gasteiger charge is -2.09. The number of ether oxygens (including phenoxy) is 1. The van der Waals surface area contributed by atoms with Gasteiger partial charge in [-0.2, -0.15) is 0 Å². The molecule has 2 heterocycles. The SMILES string of the molecule is COc1cccc2c1oc(=O)c1c(N)nc(CCc3ccccc3)cc12. The van der Waals surface area contributed by atoms with Crippen molar-refractivity contribution < 1.29 is 9.15 Å². The molecule has 130 valence electrons. The van der Waals surface area contributed by atoms with E-state index in [0.717, 1.165) is 29.3 Å². The van der Waals surface area contributed by atoms with E-state index in [1.807, 2.05) is 36.4 Å². The van der Waals surface area contributed by atoms with Crippen LogP contribution >= 0.6 is 0 Å². The Morgan fingerprint density at radius 3 is 2.62 bits per heavy atom. The van der Waals surface area contributed by atoms with E-state index in [1.54, 1.807) is 13.2 Å². The average Bonchev–Trinajstić information content (AvgIpc) is 2.66. The molecule has 0 aliphatic rings. The number of aryl methyl sites for hydroxylation is 2. The summed E-state index contributed by atoms with van der Waals surface area (Å²) in [5.41, 5.74) is 8.08. The molecule has 0 unspecified atom stereocenters. The fourth-order valence-corrected chi connectivity index (χ4v) is 3.23. The van der Waals surface area contributed by atoms with Gasteiger partial charge in [-0.3, -0.25) is 0 Å². The second-order valence-corrected chi connectivity index (χ2v) is 6.13. The van der Waals surface area contributed by atoms with Crippen LogP contribution in [0.5, 0.6) is 5.75 Å².